The lowest BCUT2D eigenvalue weighted by Gasteiger charge is -2.14. The van der Waals surface area contributed by atoms with Gasteiger partial charge in [-0.1, -0.05) is 0 Å². The minimum atomic E-state index is -0.0991. The Labute approximate surface area is 96.0 Å². The summed E-state index contributed by atoms with van der Waals surface area (Å²) < 4.78 is 5.22. The number of nitrogens with one attached hydrogen (secondary N) is 1. The highest BCUT2D eigenvalue weighted by Crippen LogP contribution is 2.09. The lowest BCUT2D eigenvalue weighted by Crippen LogP contribution is -2.31. The highest BCUT2D eigenvalue weighted by molar-refractivity contribution is 5.77. The van der Waals surface area contributed by atoms with E-state index < -0.39 is 0 Å². The second-order valence-corrected chi connectivity index (χ2v) is 3.93. The summed E-state index contributed by atoms with van der Waals surface area (Å²) in [7, 11) is 0. The van der Waals surface area contributed by atoms with Gasteiger partial charge in [-0.05, 0) is 38.5 Å². The number of carbonyl (C=O) groups excluding carboxylic acids is 1. The van der Waals surface area contributed by atoms with E-state index in [-0.39, 0.29) is 24.7 Å². The first-order valence-electron chi connectivity index (χ1n) is 5.40. The lowest BCUT2D eigenvalue weighted by atomic mass is 10.1. The monoisotopic (exact) mass is 222 g/mol. The highest BCUT2D eigenvalue weighted by Gasteiger charge is 2.09. The first-order chi connectivity index (χ1) is 7.59. The number of pyridine rings is 1. The molecule has 0 saturated carbocycles. The van der Waals surface area contributed by atoms with E-state index in [0.717, 1.165) is 5.56 Å². The lowest BCUT2D eigenvalue weighted by molar-refractivity contribution is -0.127. The summed E-state index contributed by atoms with van der Waals surface area (Å²) in [5.74, 6) is -0.0991. The van der Waals surface area contributed by atoms with Gasteiger partial charge < -0.3 is 10.1 Å². The molecule has 0 radical (unpaired) electrons. The van der Waals surface area contributed by atoms with E-state index in [0.29, 0.717) is 0 Å². The fraction of sp³-hybridized carbons (Fsp3) is 0.500. The molecule has 0 fully saturated rings. The number of rotatable bonds is 5. The number of hydrogen-bond donors (Lipinski definition) is 1. The molecule has 88 valence electrons. The zero-order valence-corrected chi connectivity index (χ0v) is 9.93. The van der Waals surface area contributed by atoms with Gasteiger partial charge in [0.2, 0.25) is 5.91 Å². The minimum absolute atomic E-state index is 0.0220. The highest BCUT2D eigenvalue weighted by atomic mass is 16.5. The van der Waals surface area contributed by atoms with Gasteiger partial charge >= 0.3 is 0 Å². The third kappa shape index (κ3) is 4.40. The Kier molecular flexibility index (Phi) is 4.92. The standard InChI is InChI=1S/C12H18N2O2/c1-9(2)16-8-12(15)14-10(3)11-4-6-13-7-5-11/h4-7,9-10H,8H2,1-3H3,(H,14,15). The van der Waals surface area contributed by atoms with Gasteiger partial charge in [-0.3, -0.25) is 9.78 Å². The molecule has 1 atom stereocenters. The van der Waals surface area contributed by atoms with Crippen LogP contribution in [0.1, 0.15) is 32.4 Å². The van der Waals surface area contributed by atoms with Crippen molar-refractivity contribution >= 4 is 5.91 Å². The van der Waals surface area contributed by atoms with Crippen LogP contribution in [0, 0.1) is 0 Å². The molecule has 1 rings (SSSR count). The fourth-order valence-electron chi connectivity index (χ4n) is 1.26. The van der Waals surface area contributed by atoms with Gasteiger partial charge in [0, 0.05) is 12.4 Å². The molecule has 1 N–H and O–H groups in total. The molecule has 16 heavy (non-hydrogen) atoms. The number of hydrogen-bond acceptors (Lipinski definition) is 3. The van der Waals surface area contributed by atoms with E-state index in [1.807, 2.05) is 32.9 Å². The number of ether oxygens (including phenoxy) is 1. The van der Waals surface area contributed by atoms with Gasteiger partial charge in [0.25, 0.3) is 0 Å². The van der Waals surface area contributed by atoms with Crippen LogP contribution in [0.4, 0.5) is 0 Å². The van der Waals surface area contributed by atoms with Crippen molar-refractivity contribution in [1.82, 2.24) is 10.3 Å². The van der Waals surface area contributed by atoms with Gasteiger partial charge in [0.1, 0.15) is 6.61 Å². The zero-order valence-electron chi connectivity index (χ0n) is 9.93. The summed E-state index contributed by atoms with van der Waals surface area (Å²) in [5.41, 5.74) is 1.04. The molecule has 0 saturated heterocycles. The second kappa shape index (κ2) is 6.23. The molecule has 0 bridgehead atoms. The Balaban J connectivity index is 2.40. The van der Waals surface area contributed by atoms with Crippen molar-refractivity contribution in [2.24, 2.45) is 0 Å². The Morgan fingerprint density at radius 3 is 2.56 bits per heavy atom. The van der Waals surface area contributed by atoms with E-state index in [1.54, 1.807) is 12.4 Å². The third-order valence-electron chi connectivity index (χ3n) is 2.13. The SMILES string of the molecule is CC(C)OCC(=O)NC(C)c1ccncc1. The quantitative estimate of drug-likeness (QED) is 0.824. The summed E-state index contributed by atoms with van der Waals surface area (Å²) in [6.45, 7) is 5.84. The van der Waals surface area contributed by atoms with Crippen LogP contribution in [0.2, 0.25) is 0 Å². The summed E-state index contributed by atoms with van der Waals surface area (Å²) >= 11 is 0. The van der Waals surface area contributed by atoms with Crippen LogP contribution in [-0.2, 0) is 9.53 Å². The van der Waals surface area contributed by atoms with Crippen LogP contribution >= 0.6 is 0 Å². The molecule has 0 aliphatic carbocycles. The van der Waals surface area contributed by atoms with Crippen LogP contribution in [0.15, 0.2) is 24.5 Å². The van der Waals surface area contributed by atoms with E-state index in [2.05, 4.69) is 10.3 Å². The minimum Gasteiger partial charge on any atom is -0.369 e. The molecule has 0 aromatic carbocycles. The summed E-state index contributed by atoms with van der Waals surface area (Å²) in [4.78, 5) is 15.4. The van der Waals surface area contributed by atoms with Crippen molar-refractivity contribution in [1.29, 1.82) is 0 Å². The van der Waals surface area contributed by atoms with Gasteiger partial charge in [-0.15, -0.1) is 0 Å². The van der Waals surface area contributed by atoms with Crippen molar-refractivity contribution in [2.45, 2.75) is 32.9 Å². The maximum Gasteiger partial charge on any atom is 0.246 e. The van der Waals surface area contributed by atoms with Crippen molar-refractivity contribution in [2.75, 3.05) is 6.61 Å². The van der Waals surface area contributed by atoms with Crippen molar-refractivity contribution in [3.63, 3.8) is 0 Å². The maximum absolute atomic E-state index is 11.5. The predicted octanol–water partition coefficient (Wildman–Crippen LogP) is 1.68. The Bertz CT molecular complexity index is 325. The van der Waals surface area contributed by atoms with Gasteiger partial charge in [-0.2, -0.15) is 0 Å². The fourth-order valence-corrected chi connectivity index (χ4v) is 1.26. The molecule has 4 nitrogen and oxygen atoms in total. The smallest absolute Gasteiger partial charge is 0.246 e. The van der Waals surface area contributed by atoms with E-state index in [4.69, 9.17) is 4.74 Å². The third-order valence-corrected chi connectivity index (χ3v) is 2.13. The molecule has 1 aromatic rings. The van der Waals surface area contributed by atoms with Crippen molar-refractivity contribution in [3.8, 4) is 0 Å². The maximum atomic E-state index is 11.5. The van der Waals surface area contributed by atoms with Gasteiger partial charge in [-0.25, -0.2) is 0 Å². The van der Waals surface area contributed by atoms with E-state index >= 15 is 0 Å². The summed E-state index contributed by atoms with van der Waals surface area (Å²) in [5, 5.41) is 2.86. The molecule has 0 aliphatic heterocycles. The predicted molar refractivity (Wildman–Crippen MR) is 61.9 cm³/mol. The average Bonchev–Trinajstić information content (AvgIpc) is 2.27. The summed E-state index contributed by atoms with van der Waals surface area (Å²) in [6.07, 6.45) is 3.49. The topological polar surface area (TPSA) is 51.2 Å². The second-order valence-electron chi connectivity index (χ2n) is 3.93. The van der Waals surface area contributed by atoms with Crippen LogP contribution in [-0.4, -0.2) is 23.6 Å². The molecular formula is C12H18N2O2. The van der Waals surface area contributed by atoms with Crippen LogP contribution in [0.3, 0.4) is 0 Å². The van der Waals surface area contributed by atoms with Crippen LogP contribution < -0.4 is 5.32 Å². The molecule has 4 heteroatoms. The molecule has 0 spiro atoms. The molecule has 1 amide bonds. The Morgan fingerprint density at radius 1 is 1.38 bits per heavy atom. The molecule has 0 aliphatic rings. The first kappa shape index (κ1) is 12.6. The van der Waals surface area contributed by atoms with Gasteiger partial charge in [0.05, 0.1) is 12.1 Å². The molecule has 1 unspecified atom stereocenters. The number of nitrogens with zero attached hydrogens (tertiary/aromatic N) is 1. The van der Waals surface area contributed by atoms with Crippen LogP contribution in [0.5, 0.6) is 0 Å². The average molecular weight is 222 g/mol. The Hall–Kier alpha value is -1.42. The number of aromatic nitrogens is 1. The van der Waals surface area contributed by atoms with E-state index in [9.17, 15) is 4.79 Å². The summed E-state index contributed by atoms with van der Waals surface area (Å²) in [6, 6.07) is 3.74. The normalized spacial score (nSPS) is 12.5. The number of amides is 1. The van der Waals surface area contributed by atoms with Crippen molar-refractivity contribution < 1.29 is 9.53 Å². The van der Waals surface area contributed by atoms with E-state index in [1.165, 1.54) is 0 Å². The van der Waals surface area contributed by atoms with Gasteiger partial charge in [0.15, 0.2) is 0 Å². The zero-order chi connectivity index (χ0) is 12.0. The Morgan fingerprint density at radius 2 is 2.00 bits per heavy atom. The number of carbonyl (C=O) groups is 1. The largest absolute Gasteiger partial charge is 0.369 e. The molecular weight excluding hydrogens is 204 g/mol. The van der Waals surface area contributed by atoms with Crippen molar-refractivity contribution in [3.05, 3.63) is 30.1 Å². The molecule has 1 heterocycles. The first-order valence-corrected chi connectivity index (χ1v) is 5.40. The van der Waals surface area contributed by atoms with Crippen LogP contribution in [0.25, 0.3) is 0 Å². The molecule has 1 aromatic heterocycles.